The van der Waals surface area contributed by atoms with Gasteiger partial charge in [-0.25, -0.2) is 0 Å². The molecule has 0 aromatic heterocycles. The van der Waals surface area contributed by atoms with E-state index in [0.29, 0.717) is 23.6 Å². The monoisotopic (exact) mass is 463 g/mol. The number of hydrogen-bond donors (Lipinski definition) is 3. The molecule has 1 spiro atoms. The number of halogens is 1. The van der Waals surface area contributed by atoms with E-state index in [4.69, 9.17) is 16.3 Å². The first-order chi connectivity index (χ1) is 15.1. The number of likely N-dealkylation sites (tertiary alicyclic amines) is 1. The number of ether oxygens (including phenoxy) is 1. The van der Waals surface area contributed by atoms with Crippen molar-refractivity contribution >= 4 is 35.0 Å². The summed E-state index contributed by atoms with van der Waals surface area (Å²) >= 11 is 6.25. The molecule has 32 heavy (non-hydrogen) atoms. The standard InChI is InChI=1S/C23H30ClN3O5/c1-12(2)15(11-28)27-18(20(30)26-14-8-6-5-7-13(14)24)23-10-9-22(3,32-23)16(19(29)25-4)17(23)21(27)31/h5-8,12,15-18,28H,9-11H2,1-4H3,(H,25,29)(H,26,30)/t15-,16+,17-,18?,22-,23?/m0/s1. The number of hydrogen-bond acceptors (Lipinski definition) is 5. The van der Waals surface area contributed by atoms with Crippen molar-refractivity contribution < 1.29 is 24.2 Å². The number of rotatable bonds is 6. The molecule has 3 aliphatic rings. The Kier molecular flexibility index (Phi) is 5.76. The van der Waals surface area contributed by atoms with Crippen molar-refractivity contribution in [2.24, 2.45) is 17.8 Å². The van der Waals surface area contributed by atoms with Gasteiger partial charge in [-0.15, -0.1) is 0 Å². The molecule has 6 atom stereocenters. The van der Waals surface area contributed by atoms with E-state index >= 15 is 0 Å². The summed E-state index contributed by atoms with van der Waals surface area (Å²) in [6, 6.07) is 5.28. The average molecular weight is 464 g/mol. The van der Waals surface area contributed by atoms with Crippen molar-refractivity contribution in [3.63, 3.8) is 0 Å². The van der Waals surface area contributed by atoms with Gasteiger partial charge in [0.1, 0.15) is 11.6 Å². The van der Waals surface area contributed by atoms with Crippen LogP contribution in [0.2, 0.25) is 5.02 Å². The molecule has 0 aliphatic carbocycles. The molecule has 2 unspecified atom stereocenters. The van der Waals surface area contributed by atoms with E-state index in [1.54, 1.807) is 24.3 Å². The quantitative estimate of drug-likeness (QED) is 0.596. The molecule has 3 heterocycles. The third-order valence-corrected chi connectivity index (χ3v) is 7.77. The Morgan fingerprint density at radius 1 is 1.28 bits per heavy atom. The van der Waals surface area contributed by atoms with Gasteiger partial charge in [0.05, 0.1) is 40.8 Å². The third-order valence-electron chi connectivity index (χ3n) is 7.44. The topological polar surface area (TPSA) is 108 Å². The molecule has 1 aromatic rings. The van der Waals surface area contributed by atoms with Crippen LogP contribution >= 0.6 is 11.6 Å². The highest BCUT2D eigenvalue weighted by molar-refractivity contribution is 6.33. The fourth-order valence-electron chi connectivity index (χ4n) is 5.96. The van der Waals surface area contributed by atoms with Gasteiger partial charge in [-0.2, -0.15) is 0 Å². The number of amides is 3. The summed E-state index contributed by atoms with van der Waals surface area (Å²) in [5, 5.41) is 16.0. The van der Waals surface area contributed by atoms with Crippen molar-refractivity contribution in [3.8, 4) is 0 Å². The highest BCUT2D eigenvalue weighted by atomic mass is 35.5. The Morgan fingerprint density at radius 2 is 1.97 bits per heavy atom. The summed E-state index contributed by atoms with van der Waals surface area (Å²) in [6.45, 7) is 5.31. The van der Waals surface area contributed by atoms with Gasteiger partial charge in [0.2, 0.25) is 17.7 Å². The summed E-state index contributed by atoms with van der Waals surface area (Å²) in [5.41, 5.74) is -1.54. The number of benzene rings is 1. The molecule has 4 rings (SSSR count). The first-order valence-electron chi connectivity index (χ1n) is 11.0. The minimum atomic E-state index is -1.14. The van der Waals surface area contributed by atoms with Crippen LogP contribution in [0.3, 0.4) is 0 Å². The van der Waals surface area contributed by atoms with Crippen molar-refractivity contribution in [2.75, 3.05) is 19.0 Å². The highest BCUT2D eigenvalue weighted by Crippen LogP contribution is 2.63. The summed E-state index contributed by atoms with van der Waals surface area (Å²) in [4.78, 5) is 41.9. The summed E-state index contributed by atoms with van der Waals surface area (Å²) < 4.78 is 6.48. The van der Waals surface area contributed by atoms with Crippen LogP contribution < -0.4 is 10.6 Å². The Hall–Kier alpha value is -2.16. The molecular weight excluding hydrogens is 434 g/mol. The zero-order valence-electron chi connectivity index (χ0n) is 18.7. The Labute approximate surface area is 192 Å². The second kappa shape index (κ2) is 8.01. The van der Waals surface area contributed by atoms with Crippen LogP contribution in [0.1, 0.15) is 33.6 Å². The van der Waals surface area contributed by atoms with Gasteiger partial charge >= 0.3 is 0 Å². The number of fused-ring (bicyclic) bond motifs is 1. The van der Waals surface area contributed by atoms with Crippen LogP contribution in [-0.4, -0.2) is 64.7 Å². The van der Waals surface area contributed by atoms with Gasteiger partial charge in [0, 0.05) is 7.05 Å². The second-order valence-corrected chi connectivity index (χ2v) is 9.96. The van der Waals surface area contributed by atoms with E-state index < -0.39 is 41.0 Å². The van der Waals surface area contributed by atoms with Crippen LogP contribution in [0.15, 0.2) is 24.3 Å². The molecule has 0 saturated carbocycles. The maximum atomic E-state index is 13.8. The van der Waals surface area contributed by atoms with E-state index in [1.807, 2.05) is 20.8 Å². The number of carbonyl (C=O) groups is 3. The zero-order valence-corrected chi connectivity index (χ0v) is 19.5. The van der Waals surface area contributed by atoms with E-state index in [1.165, 1.54) is 11.9 Å². The first kappa shape index (κ1) is 23.0. The van der Waals surface area contributed by atoms with Crippen LogP contribution in [0, 0.1) is 17.8 Å². The van der Waals surface area contributed by atoms with Gasteiger partial charge < -0.3 is 25.4 Å². The second-order valence-electron chi connectivity index (χ2n) is 9.55. The smallest absolute Gasteiger partial charge is 0.250 e. The van der Waals surface area contributed by atoms with E-state index in [0.717, 1.165) is 0 Å². The fourth-order valence-corrected chi connectivity index (χ4v) is 6.14. The van der Waals surface area contributed by atoms with Crippen molar-refractivity contribution in [3.05, 3.63) is 29.3 Å². The predicted molar refractivity (Wildman–Crippen MR) is 119 cm³/mol. The number of aliphatic hydroxyl groups is 1. The lowest BCUT2D eigenvalue weighted by Gasteiger charge is -2.38. The fraction of sp³-hybridized carbons (Fsp3) is 0.609. The number of nitrogens with one attached hydrogen (secondary N) is 2. The minimum absolute atomic E-state index is 0.110. The molecule has 3 aliphatic heterocycles. The number of aliphatic hydroxyl groups excluding tert-OH is 1. The Bertz CT molecular complexity index is 955. The van der Waals surface area contributed by atoms with E-state index in [2.05, 4.69) is 10.6 Å². The SMILES string of the molecule is CNC(=O)[C@H]1[C@H]2C(=O)N([C@@H](CO)C(C)C)C(C(=O)Nc3ccccc3Cl)C23CC[C@]1(C)O3. The summed E-state index contributed by atoms with van der Waals surface area (Å²) in [7, 11) is 1.54. The molecule has 174 valence electrons. The minimum Gasteiger partial charge on any atom is -0.394 e. The molecule has 9 heteroatoms. The number of para-hydroxylation sites is 1. The van der Waals surface area contributed by atoms with Crippen LogP contribution in [0.4, 0.5) is 5.69 Å². The lowest BCUT2D eigenvalue weighted by molar-refractivity contribution is -0.149. The highest BCUT2D eigenvalue weighted by Gasteiger charge is 2.78. The largest absolute Gasteiger partial charge is 0.394 e. The van der Waals surface area contributed by atoms with E-state index in [-0.39, 0.29) is 24.3 Å². The van der Waals surface area contributed by atoms with Crippen molar-refractivity contribution in [2.45, 2.75) is 56.9 Å². The first-order valence-corrected chi connectivity index (χ1v) is 11.4. The molecule has 3 N–H and O–H groups in total. The van der Waals surface area contributed by atoms with Gasteiger partial charge in [0.25, 0.3) is 0 Å². The summed E-state index contributed by atoms with van der Waals surface area (Å²) in [6.07, 6.45) is 1.03. The lowest BCUT2D eigenvalue weighted by Crippen LogP contribution is -2.57. The van der Waals surface area contributed by atoms with Gasteiger partial charge in [-0.1, -0.05) is 37.6 Å². The van der Waals surface area contributed by atoms with Crippen LogP contribution in [0.5, 0.6) is 0 Å². The van der Waals surface area contributed by atoms with Gasteiger partial charge in [-0.3, -0.25) is 14.4 Å². The van der Waals surface area contributed by atoms with Gasteiger partial charge in [0.15, 0.2) is 0 Å². The number of carbonyl (C=O) groups excluding carboxylic acids is 3. The molecule has 8 nitrogen and oxygen atoms in total. The van der Waals surface area contributed by atoms with Crippen LogP contribution in [0.25, 0.3) is 0 Å². The Morgan fingerprint density at radius 3 is 2.56 bits per heavy atom. The van der Waals surface area contributed by atoms with Crippen LogP contribution in [-0.2, 0) is 19.1 Å². The van der Waals surface area contributed by atoms with E-state index in [9.17, 15) is 19.5 Å². The molecule has 3 saturated heterocycles. The molecular formula is C23H30ClN3O5. The predicted octanol–water partition coefficient (Wildman–Crippen LogP) is 1.81. The number of anilines is 1. The zero-order chi connectivity index (χ0) is 23.4. The third kappa shape index (κ3) is 3.15. The maximum absolute atomic E-state index is 13.8. The van der Waals surface area contributed by atoms with Crippen molar-refractivity contribution in [1.82, 2.24) is 10.2 Å². The maximum Gasteiger partial charge on any atom is 0.250 e. The number of nitrogens with zero attached hydrogens (tertiary/aromatic N) is 1. The van der Waals surface area contributed by atoms with Crippen molar-refractivity contribution in [1.29, 1.82) is 0 Å². The Balaban J connectivity index is 1.81. The summed E-state index contributed by atoms with van der Waals surface area (Å²) in [5.74, 6) is -2.65. The molecule has 1 aromatic carbocycles. The molecule has 2 bridgehead atoms. The average Bonchev–Trinajstić information content (AvgIpc) is 3.31. The normalized spacial score (nSPS) is 34.0. The molecule has 0 radical (unpaired) electrons. The molecule has 3 fully saturated rings. The van der Waals surface area contributed by atoms with Gasteiger partial charge in [-0.05, 0) is 37.8 Å². The molecule has 3 amide bonds. The lowest BCUT2D eigenvalue weighted by atomic mass is 9.66.